The lowest BCUT2D eigenvalue weighted by atomic mass is 10.1. The topological polar surface area (TPSA) is 75.6 Å². The summed E-state index contributed by atoms with van der Waals surface area (Å²) < 4.78 is 4.86. The first-order chi connectivity index (χ1) is 8.97. The third kappa shape index (κ3) is 4.49. The Bertz CT molecular complexity index is 461. The van der Waals surface area contributed by atoms with Gasteiger partial charge in [0.05, 0.1) is 5.02 Å². The maximum Gasteiger partial charge on any atom is 0.326 e. The molecule has 0 aliphatic heterocycles. The number of aliphatic carboxylic acids is 1. The van der Waals surface area contributed by atoms with Gasteiger partial charge in [0.25, 0.3) is 5.91 Å². The summed E-state index contributed by atoms with van der Waals surface area (Å²) in [6, 6.07) is -0.930. The van der Waals surface area contributed by atoms with Gasteiger partial charge in [0.2, 0.25) is 0 Å². The standard InChI is InChI=1S/C12H16ClNO4S/c1-7-6-19-10(9(7)13)11(15)14-8(12(16)17)4-3-5-18-2/h6,8H,3-5H2,1-2H3,(H,14,15)(H,16,17). The normalized spacial score (nSPS) is 12.2. The number of methoxy groups -OCH3 is 1. The molecule has 1 amide bonds. The molecular weight excluding hydrogens is 290 g/mol. The van der Waals surface area contributed by atoms with Crippen LogP contribution in [0.5, 0.6) is 0 Å². The van der Waals surface area contributed by atoms with Gasteiger partial charge in [-0.3, -0.25) is 4.79 Å². The van der Waals surface area contributed by atoms with Gasteiger partial charge in [0, 0.05) is 13.7 Å². The largest absolute Gasteiger partial charge is 0.480 e. The van der Waals surface area contributed by atoms with E-state index in [0.717, 1.165) is 5.56 Å². The fraction of sp³-hybridized carbons (Fsp3) is 0.500. The van der Waals surface area contributed by atoms with Crippen molar-refractivity contribution >= 4 is 34.8 Å². The molecule has 0 aliphatic carbocycles. The number of carbonyl (C=O) groups excluding carboxylic acids is 1. The van der Waals surface area contributed by atoms with Crippen molar-refractivity contribution in [1.82, 2.24) is 5.32 Å². The zero-order chi connectivity index (χ0) is 14.4. The van der Waals surface area contributed by atoms with Gasteiger partial charge in [-0.1, -0.05) is 11.6 Å². The van der Waals surface area contributed by atoms with Crippen molar-refractivity contribution in [3.8, 4) is 0 Å². The molecular formula is C12H16ClNO4S. The first-order valence-corrected chi connectivity index (χ1v) is 6.99. The highest BCUT2D eigenvalue weighted by atomic mass is 35.5. The molecule has 1 aromatic heterocycles. The van der Waals surface area contributed by atoms with E-state index in [-0.39, 0.29) is 0 Å². The van der Waals surface area contributed by atoms with E-state index in [9.17, 15) is 9.59 Å². The Morgan fingerprint density at radius 2 is 2.26 bits per heavy atom. The Morgan fingerprint density at radius 3 is 2.74 bits per heavy atom. The number of halogens is 1. The van der Waals surface area contributed by atoms with E-state index in [1.807, 2.05) is 0 Å². The number of thiophene rings is 1. The van der Waals surface area contributed by atoms with Crippen LogP contribution >= 0.6 is 22.9 Å². The summed E-state index contributed by atoms with van der Waals surface area (Å²) in [7, 11) is 1.54. The molecule has 19 heavy (non-hydrogen) atoms. The van der Waals surface area contributed by atoms with E-state index in [4.69, 9.17) is 21.4 Å². The first-order valence-electron chi connectivity index (χ1n) is 5.73. The summed E-state index contributed by atoms with van der Waals surface area (Å²) in [6.45, 7) is 2.25. The lowest BCUT2D eigenvalue weighted by molar-refractivity contribution is -0.139. The molecule has 0 saturated heterocycles. The summed E-state index contributed by atoms with van der Waals surface area (Å²) in [4.78, 5) is 23.4. The van der Waals surface area contributed by atoms with Crippen molar-refractivity contribution in [1.29, 1.82) is 0 Å². The third-order valence-electron chi connectivity index (χ3n) is 2.55. The summed E-state index contributed by atoms with van der Waals surface area (Å²) in [6.07, 6.45) is 0.877. The molecule has 1 heterocycles. The predicted molar refractivity (Wildman–Crippen MR) is 74.1 cm³/mol. The van der Waals surface area contributed by atoms with E-state index in [1.165, 1.54) is 11.3 Å². The molecule has 106 valence electrons. The number of hydrogen-bond donors (Lipinski definition) is 2. The van der Waals surface area contributed by atoms with Crippen molar-refractivity contribution in [2.24, 2.45) is 0 Å². The van der Waals surface area contributed by atoms with Crippen LogP contribution in [0.3, 0.4) is 0 Å². The monoisotopic (exact) mass is 305 g/mol. The second-order valence-corrected chi connectivity index (χ2v) is 5.32. The summed E-state index contributed by atoms with van der Waals surface area (Å²) in [5.41, 5.74) is 0.808. The van der Waals surface area contributed by atoms with Crippen molar-refractivity contribution in [3.63, 3.8) is 0 Å². The van der Waals surface area contributed by atoms with Crippen LogP contribution in [0, 0.1) is 6.92 Å². The number of ether oxygens (including phenoxy) is 1. The zero-order valence-corrected chi connectivity index (χ0v) is 12.3. The molecule has 1 atom stereocenters. The maximum atomic E-state index is 11.9. The number of rotatable bonds is 7. The minimum atomic E-state index is -1.06. The summed E-state index contributed by atoms with van der Waals surface area (Å²) in [5.74, 6) is -1.51. The van der Waals surface area contributed by atoms with Crippen LogP contribution in [0.4, 0.5) is 0 Å². The summed E-state index contributed by atoms with van der Waals surface area (Å²) >= 11 is 7.18. The van der Waals surface area contributed by atoms with Crippen molar-refractivity contribution in [3.05, 3.63) is 20.8 Å². The lowest BCUT2D eigenvalue weighted by Crippen LogP contribution is -2.40. The number of hydrogen-bond acceptors (Lipinski definition) is 4. The molecule has 5 nitrogen and oxygen atoms in total. The van der Waals surface area contributed by atoms with Crippen molar-refractivity contribution < 1.29 is 19.4 Å². The van der Waals surface area contributed by atoms with Gasteiger partial charge in [0.1, 0.15) is 10.9 Å². The van der Waals surface area contributed by atoms with Crippen LogP contribution < -0.4 is 5.32 Å². The molecule has 1 rings (SSSR count). The highest BCUT2D eigenvalue weighted by Gasteiger charge is 2.22. The van der Waals surface area contributed by atoms with Crippen LogP contribution in [0.1, 0.15) is 28.1 Å². The van der Waals surface area contributed by atoms with Gasteiger partial charge in [0.15, 0.2) is 0 Å². The molecule has 0 aliphatic rings. The van der Waals surface area contributed by atoms with Crippen molar-refractivity contribution in [2.75, 3.05) is 13.7 Å². The quantitative estimate of drug-likeness (QED) is 0.758. The average molecular weight is 306 g/mol. The van der Waals surface area contributed by atoms with E-state index in [1.54, 1.807) is 19.4 Å². The Hall–Kier alpha value is -1.11. The number of carboxylic acid groups (broad SMARTS) is 1. The molecule has 0 radical (unpaired) electrons. The molecule has 0 saturated carbocycles. The van der Waals surface area contributed by atoms with Gasteiger partial charge in [-0.15, -0.1) is 11.3 Å². The minimum Gasteiger partial charge on any atom is -0.480 e. The van der Waals surface area contributed by atoms with E-state index < -0.39 is 17.9 Å². The van der Waals surface area contributed by atoms with E-state index in [2.05, 4.69) is 5.32 Å². The minimum absolute atomic E-state index is 0.316. The third-order valence-corrected chi connectivity index (χ3v) is 4.25. The highest BCUT2D eigenvalue weighted by Crippen LogP contribution is 2.27. The maximum absolute atomic E-state index is 11.9. The Balaban J connectivity index is 2.66. The number of aryl methyl sites for hydroxylation is 1. The number of amides is 1. The molecule has 0 bridgehead atoms. The lowest BCUT2D eigenvalue weighted by Gasteiger charge is -2.13. The molecule has 2 N–H and O–H groups in total. The SMILES string of the molecule is COCCCC(NC(=O)c1scc(C)c1Cl)C(=O)O. The van der Waals surface area contributed by atoms with E-state index in [0.29, 0.717) is 29.3 Å². The molecule has 0 aromatic carbocycles. The van der Waals surface area contributed by atoms with Crippen LogP contribution in [0.25, 0.3) is 0 Å². The smallest absolute Gasteiger partial charge is 0.326 e. The second-order valence-electron chi connectivity index (χ2n) is 4.06. The van der Waals surface area contributed by atoms with Gasteiger partial charge in [-0.05, 0) is 30.7 Å². The van der Waals surface area contributed by atoms with Gasteiger partial charge >= 0.3 is 5.97 Å². The Kier molecular flexibility index (Phi) is 6.27. The van der Waals surface area contributed by atoms with Gasteiger partial charge in [-0.2, -0.15) is 0 Å². The second kappa shape index (κ2) is 7.47. The molecule has 0 fully saturated rings. The molecule has 1 aromatic rings. The summed E-state index contributed by atoms with van der Waals surface area (Å²) in [5, 5.41) is 13.7. The first kappa shape index (κ1) is 15.9. The van der Waals surface area contributed by atoms with Crippen LogP contribution in [0.15, 0.2) is 5.38 Å². The van der Waals surface area contributed by atoms with Crippen LogP contribution in [-0.4, -0.2) is 36.7 Å². The number of carbonyl (C=O) groups is 2. The zero-order valence-electron chi connectivity index (χ0n) is 10.7. The highest BCUT2D eigenvalue weighted by molar-refractivity contribution is 7.13. The van der Waals surface area contributed by atoms with Gasteiger partial charge < -0.3 is 15.2 Å². The fourth-order valence-corrected chi connectivity index (χ4v) is 2.68. The predicted octanol–water partition coefficient (Wildman–Crippen LogP) is 2.32. The molecule has 0 spiro atoms. The average Bonchev–Trinajstić information content (AvgIpc) is 2.68. The molecule has 1 unspecified atom stereocenters. The fourth-order valence-electron chi connectivity index (χ4n) is 1.50. The van der Waals surface area contributed by atoms with E-state index >= 15 is 0 Å². The van der Waals surface area contributed by atoms with Crippen LogP contribution in [0.2, 0.25) is 5.02 Å². The molecule has 7 heteroatoms. The van der Waals surface area contributed by atoms with Crippen molar-refractivity contribution in [2.45, 2.75) is 25.8 Å². The van der Waals surface area contributed by atoms with Gasteiger partial charge in [-0.25, -0.2) is 4.79 Å². The Morgan fingerprint density at radius 1 is 1.58 bits per heavy atom. The van der Waals surface area contributed by atoms with Crippen LogP contribution in [-0.2, 0) is 9.53 Å². The number of carboxylic acids is 1. The Labute approximate surface area is 120 Å². The number of nitrogens with one attached hydrogen (secondary N) is 1.